The minimum atomic E-state index is 0.305. The Balaban J connectivity index is 3.32. The van der Waals surface area contributed by atoms with Crippen LogP contribution in [0.5, 0.6) is 0 Å². The van der Waals surface area contributed by atoms with E-state index >= 15 is 0 Å². The summed E-state index contributed by atoms with van der Waals surface area (Å²) >= 11 is 0. The van der Waals surface area contributed by atoms with Crippen molar-refractivity contribution in [2.24, 2.45) is 0 Å². The molecule has 1 nitrogen and oxygen atoms in total. The van der Waals surface area contributed by atoms with E-state index in [-0.39, 0.29) is 0 Å². The van der Waals surface area contributed by atoms with E-state index in [9.17, 15) is 4.79 Å². The first-order chi connectivity index (χ1) is 9.77. The largest absolute Gasteiger partial charge is 0.312 e. The summed E-state index contributed by atoms with van der Waals surface area (Å²) in [6.07, 6.45) is 24.7. The summed E-state index contributed by atoms with van der Waals surface area (Å²) in [6, 6.07) is 0. The molecule has 0 saturated carbocycles. The zero-order chi connectivity index (χ0) is 14.9. The lowest BCUT2D eigenvalue weighted by Gasteiger charge is -1.93. The van der Waals surface area contributed by atoms with Gasteiger partial charge in [0.25, 0.3) is 0 Å². The average Bonchev–Trinajstić information content (AvgIpc) is 2.43. The fourth-order valence-corrected chi connectivity index (χ4v) is 1.93. The quantitative estimate of drug-likeness (QED) is 0.269. The molecular weight excluding hydrogens is 243 g/mol. The zero-order valence-electron chi connectivity index (χ0n) is 13.4. The molecule has 0 amide bonds. The van der Waals surface area contributed by atoms with E-state index in [0.717, 1.165) is 38.5 Å². The Morgan fingerprint density at radius 1 is 0.800 bits per heavy atom. The number of allylic oxidation sites excluding steroid dienone is 6. The lowest BCUT2D eigenvalue weighted by molar-refractivity contribution is -0.111. The van der Waals surface area contributed by atoms with Gasteiger partial charge in [-0.05, 0) is 51.4 Å². The molecule has 0 aromatic heterocycles. The first-order valence-electron chi connectivity index (χ1n) is 8.21. The predicted molar refractivity (Wildman–Crippen MR) is 92.8 cm³/mol. The Hall–Kier alpha value is -1.05. The molecule has 0 atom stereocenters. The molecule has 0 bridgehead atoms. The highest BCUT2D eigenvalue weighted by Crippen LogP contribution is 2.02. The third kappa shape index (κ3) is 17.0. The predicted octanol–water partition coefficient (Wildman–Crippen LogP) is 4.74. The Morgan fingerprint density at radius 3 is 1.80 bits per heavy atom. The van der Waals surface area contributed by atoms with Crippen molar-refractivity contribution in [2.75, 3.05) is 0 Å². The van der Waals surface area contributed by atoms with E-state index in [2.05, 4.69) is 43.4 Å². The highest BCUT2D eigenvalue weighted by atomic mass is 16.1. The van der Waals surface area contributed by atoms with Crippen LogP contribution in [0.1, 0.15) is 71.1 Å². The molecule has 0 aliphatic rings. The van der Waals surface area contributed by atoms with Gasteiger partial charge in [0.1, 0.15) is 0 Å². The lowest BCUT2D eigenvalue weighted by Crippen LogP contribution is -1.94. The molecule has 20 heavy (non-hydrogen) atoms. The average molecular weight is 274 g/mol. The monoisotopic (exact) mass is 274 g/mol. The molecule has 112 valence electrons. The van der Waals surface area contributed by atoms with Gasteiger partial charge in [0, 0.05) is 0 Å². The first-order valence-corrected chi connectivity index (χ1v) is 8.21. The van der Waals surface area contributed by atoms with Gasteiger partial charge in [-0.1, -0.05) is 56.2 Å². The van der Waals surface area contributed by atoms with Gasteiger partial charge in [0.05, 0.1) is 5.68 Å². The number of unbranched alkanes of at least 4 members (excludes halogenated alkanes) is 5. The SMILES string of the molecule is BC(=O)CCCC/C=C\C/C=C\C/C=C\CCCCC. The van der Waals surface area contributed by atoms with Crippen molar-refractivity contribution in [3.63, 3.8) is 0 Å². The minimum Gasteiger partial charge on any atom is -0.312 e. The highest BCUT2D eigenvalue weighted by Gasteiger charge is 1.91. The van der Waals surface area contributed by atoms with E-state index in [1.54, 1.807) is 7.85 Å². The van der Waals surface area contributed by atoms with E-state index < -0.39 is 0 Å². The Labute approximate surface area is 126 Å². The normalized spacial score (nSPS) is 12.1. The van der Waals surface area contributed by atoms with Gasteiger partial charge < -0.3 is 4.79 Å². The molecule has 2 heteroatoms. The van der Waals surface area contributed by atoms with Crippen LogP contribution >= 0.6 is 0 Å². The molecule has 0 fully saturated rings. The van der Waals surface area contributed by atoms with Gasteiger partial charge in [-0.3, -0.25) is 0 Å². The van der Waals surface area contributed by atoms with E-state index in [4.69, 9.17) is 0 Å². The molecule has 0 aliphatic heterocycles. The maximum absolute atomic E-state index is 10.7. The highest BCUT2D eigenvalue weighted by molar-refractivity contribution is 6.57. The lowest BCUT2D eigenvalue weighted by atomic mass is 9.97. The standard InChI is InChI=1S/C18H31BO/c1-2-3-4-5-6-7-8-9-10-11-12-13-14-15-16-17-18(19)20/h6-7,9-10,12-13H,2-5,8,11,14-17,19H2,1H3/b7-6-,10-9-,13-12-. The van der Waals surface area contributed by atoms with Gasteiger partial charge >= 0.3 is 0 Å². The van der Waals surface area contributed by atoms with Gasteiger partial charge in [0.15, 0.2) is 7.85 Å². The van der Waals surface area contributed by atoms with Crippen LogP contribution in [0.25, 0.3) is 0 Å². The third-order valence-corrected chi connectivity index (χ3v) is 3.17. The number of rotatable bonds is 13. The fourth-order valence-electron chi connectivity index (χ4n) is 1.93. The van der Waals surface area contributed by atoms with Crippen molar-refractivity contribution in [1.82, 2.24) is 0 Å². The molecular formula is C18H31BO. The Morgan fingerprint density at radius 2 is 1.30 bits per heavy atom. The summed E-state index contributed by atoms with van der Waals surface area (Å²) in [4.78, 5) is 10.7. The van der Waals surface area contributed by atoms with E-state index in [1.807, 2.05) is 0 Å². The first kappa shape index (κ1) is 19.0. The summed E-state index contributed by atoms with van der Waals surface area (Å²) < 4.78 is 0. The number of carbonyl (C=O) groups is 1. The van der Waals surface area contributed by atoms with Gasteiger partial charge in [-0.25, -0.2) is 0 Å². The molecule has 0 rings (SSSR count). The summed E-state index contributed by atoms with van der Waals surface area (Å²) in [5, 5.41) is 0. The Bertz CT molecular complexity index is 303. The smallest absolute Gasteiger partial charge is 0.187 e. The number of carbonyl (C=O) groups excluding carboxylic acids is 1. The fraction of sp³-hybridized carbons (Fsp3) is 0.611. The van der Waals surface area contributed by atoms with Gasteiger partial charge in [-0.2, -0.15) is 0 Å². The van der Waals surface area contributed by atoms with Crippen molar-refractivity contribution >= 4 is 13.5 Å². The topological polar surface area (TPSA) is 17.1 Å². The van der Waals surface area contributed by atoms with Crippen LogP contribution in [0.3, 0.4) is 0 Å². The van der Waals surface area contributed by atoms with Crippen LogP contribution in [-0.2, 0) is 4.79 Å². The van der Waals surface area contributed by atoms with Crippen molar-refractivity contribution in [1.29, 1.82) is 0 Å². The van der Waals surface area contributed by atoms with Crippen LogP contribution in [-0.4, -0.2) is 13.5 Å². The van der Waals surface area contributed by atoms with Crippen LogP contribution in [0, 0.1) is 0 Å². The zero-order valence-corrected chi connectivity index (χ0v) is 13.4. The van der Waals surface area contributed by atoms with Crippen LogP contribution in [0.15, 0.2) is 36.5 Å². The molecule has 0 aromatic rings. The summed E-state index contributed by atoms with van der Waals surface area (Å²) in [5.74, 6) is 0. The molecule has 0 aliphatic carbocycles. The van der Waals surface area contributed by atoms with Crippen LogP contribution < -0.4 is 0 Å². The maximum atomic E-state index is 10.7. The molecule has 0 unspecified atom stereocenters. The molecule has 0 saturated heterocycles. The second-order valence-electron chi connectivity index (χ2n) is 5.33. The van der Waals surface area contributed by atoms with Crippen LogP contribution in [0.2, 0.25) is 0 Å². The minimum absolute atomic E-state index is 0.305. The molecule has 0 heterocycles. The van der Waals surface area contributed by atoms with Crippen molar-refractivity contribution in [3.05, 3.63) is 36.5 Å². The summed E-state index contributed by atoms with van der Waals surface area (Å²) in [5.41, 5.74) is 0.305. The Kier molecular flexibility index (Phi) is 15.2. The molecule has 0 radical (unpaired) electrons. The number of hydrogen-bond donors (Lipinski definition) is 0. The van der Waals surface area contributed by atoms with Crippen molar-refractivity contribution in [3.8, 4) is 0 Å². The second kappa shape index (κ2) is 16.0. The van der Waals surface area contributed by atoms with Gasteiger partial charge in [-0.15, -0.1) is 0 Å². The molecule has 0 spiro atoms. The van der Waals surface area contributed by atoms with Crippen molar-refractivity contribution in [2.45, 2.75) is 71.1 Å². The summed E-state index contributed by atoms with van der Waals surface area (Å²) in [6.45, 7) is 2.24. The van der Waals surface area contributed by atoms with E-state index in [1.165, 1.54) is 25.7 Å². The van der Waals surface area contributed by atoms with Gasteiger partial charge in [0.2, 0.25) is 0 Å². The molecule has 0 aromatic carbocycles. The van der Waals surface area contributed by atoms with Crippen molar-refractivity contribution < 1.29 is 4.79 Å². The summed E-state index contributed by atoms with van der Waals surface area (Å²) in [7, 11) is 1.67. The maximum Gasteiger partial charge on any atom is 0.187 e. The number of hydrogen-bond acceptors (Lipinski definition) is 1. The second-order valence-corrected chi connectivity index (χ2v) is 5.33. The third-order valence-electron chi connectivity index (χ3n) is 3.17. The van der Waals surface area contributed by atoms with Crippen LogP contribution in [0.4, 0.5) is 0 Å². The molecule has 0 N–H and O–H groups in total. The van der Waals surface area contributed by atoms with E-state index in [0.29, 0.717) is 5.68 Å².